The van der Waals surface area contributed by atoms with Gasteiger partial charge in [0, 0.05) is 30.3 Å². The van der Waals surface area contributed by atoms with Crippen molar-refractivity contribution in [3.05, 3.63) is 29.2 Å². The molecule has 132 valence electrons. The summed E-state index contributed by atoms with van der Waals surface area (Å²) in [5.74, 6) is 3.72. The predicted octanol–water partition coefficient (Wildman–Crippen LogP) is 2.03. The lowest BCUT2D eigenvalue weighted by Crippen LogP contribution is -2.40. The Kier molecular flexibility index (Phi) is 3.69. The first-order chi connectivity index (χ1) is 12.3. The topological polar surface area (TPSA) is 69.0 Å². The minimum atomic E-state index is -0.0485. The summed E-state index contributed by atoms with van der Waals surface area (Å²) in [5.41, 5.74) is 2.65. The molecule has 0 radical (unpaired) electrons. The van der Waals surface area contributed by atoms with Crippen LogP contribution in [-0.2, 0) is 24.1 Å². The van der Waals surface area contributed by atoms with Crippen molar-refractivity contribution in [2.75, 3.05) is 24.6 Å². The maximum Gasteiger partial charge on any atom is 0.163 e. The molecular weight excluding hydrogens is 316 g/mol. The third-order valence-corrected chi connectivity index (χ3v) is 5.51. The van der Waals surface area contributed by atoms with Crippen molar-refractivity contribution in [2.45, 2.75) is 57.6 Å². The van der Waals surface area contributed by atoms with Gasteiger partial charge in [-0.05, 0) is 39.0 Å². The van der Waals surface area contributed by atoms with Gasteiger partial charge >= 0.3 is 0 Å². The Morgan fingerprint density at radius 1 is 1.24 bits per heavy atom. The van der Waals surface area contributed by atoms with Crippen LogP contribution >= 0.6 is 0 Å². The SMILES string of the molecule is CCn1cnnc1[C@H]1CN(c2nc(C3CC3)nc3c2CCC3)CCO1. The van der Waals surface area contributed by atoms with Gasteiger partial charge in [-0.3, -0.25) is 0 Å². The molecule has 1 saturated carbocycles. The second kappa shape index (κ2) is 6.05. The summed E-state index contributed by atoms with van der Waals surface area (Å²) in [7, 11) is 0. The monoisotopic (exact) mass is 340 g/mol. The van der Waals surface area contributed by atoms with Gasteiger partial charge in [0.15, 0.2) is 5.82 Å². The van der Waals surface area contributed by atoms with Crippen molar-refractivity contribution in [2.24, 2.45) is 0 Å². The minimum Gasteiger partial charge on any atom is -0.366 e. The maximum absolute atomic E-state index is 6.02. The van der Waals surface area contributed by atoms with Crippen LogP contribution in [0, 0.1) is 0 Å². The van der Waals surface area contributed by atoms with Crippen molar-refractivity contribution in [1.82, 2.24) is 24.7 Å². The Labute approximate surface area is 147 Å². The molecule has 2 aromatic heterocycles. The molecule has 5 rings (SSSR count). The van der Waals surface area contributed by atoms with E-state index in [2.05, 4.69) is 26.6 Å². The molecule has 25 heavy (non-hydrogen) atoms. The quantitative estimate of drug-likeness (QED) is 0.848. The molecule has 2 fully saturated rings. The maximum atomic E-state index is 6.02. The van der Waals surface area contributed by atoms with Gasteiger partial charge in [0.1, 0.15) is 24.1 Å². The summed E-state index contributed by atoms with van der Waals surface area (Å²) in [6, 6.07) is 0. The van der Waals surface area contributed by atoms with Crippen LogP contribution in [0.25, 0.3) is 0 Å². The summed E-state index contributed by atoms with van der Waals surface area (Å²) in [6.45, 7) is 5.32. The number of hydrogen-bond donors (Lipinski definition) is 0. The third-order valence-electron chi connectivity index (χ3n) is 5.51. The first-order valence-corrected chi connectivity index (χ1v) is 9.47. The zero-order valence-corrected chi connectivity index (χ0v) is 14.7. The predicted molar refractivity (Wildman–Crippen MR) is 92.6 cm³/mol. The summed E-state index contributed by atoms with van der Waals surface area (Å²) in [6.07, 6.45) is 7.61. The van der Waals surface area contributed by atoms with Gasteiger partial charge in [-0.2, -0.15) is 0 Å². The average molecular weight is 340 g/mol. The van der Waals surface area contributed by atoms with Crippen molar-refractivity contribution in [3.63, 3.8) is 0 Å². The summed E-state index contributed by atoms with van der Waals surface area (Å²) in [5, 5.41) is 8.35. The van der Waals surface area contributed by atoms with E-state index in [1.807, 2.05) is 0 Å². The van der Waals surface area contributed by atoms with E-state index in [9.17, 15) is 0 Å². The van der Waals surface area contributed by atoms with Gasteiger partial charge in [-0.1, -0.05) is 0 Å². The Morgan fingerprint density at radius 2 is 2.16 bits per heavy atom. The lowest BCUT2D eigenvalue weighted by molar-refractivity contribution is 0.0313. The van der Waals surface area contributed by atoms with Crippen LogP contribution in [-0.4, -0.2) is 44.4 Å². The zero-order chi connectivity index (χ0) is 16.8. The van der Waals surface area contributed by atoms with E-state index in [0.29, 0.717) is 12.5 Å². The van der Waals surface area contributed by atoms with E-state index in [-0.39, 0.29) is 6.10 Å². The highest BCUT2D eigenvalue weighted by atomic mass is 16.5. The summed E-state index contributed by atoms with van der Waals surface area (Å²) < 4.78 is 8.08. The molecule has 0 amide bonds. The highest BCUT2D eigenvalue weighted by Crippen LogP contribution is 2.41. The Morgan fingerprint density at radius 3 is 3.00 bits per heavy atom. The molecular formula is C18H24N6O. The first-order valence-electron chi connectivity index (χ1n) is 9.47. The molecule has 2 aliphatic carbocycles. The molecule has 0 unspecified atom stereocenters. The molecule has 7 nitrogen and oxygen atoms in total. The number of aromatic nitrogens is 5. The summed E-state index contributed by atoms with van der Waals surface area (Å²) >= 11 is 0. The molecule has 1 saturated heterocycles. The van der Waals surface area contributed by atoms with E-state index < -0.39 is 0 Å². The van der Waals surface area contributed by atoms with Crippen molar-refractivity contribution < 1.29 is 4.74 Å². The average Bonchev–Trinajstić information content (AvgIpc) is 3.20. The largest absolute Gasteiger partial charge is 0.366 e. The van der Waals surface area contributed by atoms with E-state index in [1.165, 1.54) is 30.5 Å². The van der Waals surface area contributed by atoms with Gasteiger partial charge in [0.2, 0.25) is 0 Å². The molecule has 0 spiro atoms. The van der Waals surface area contributed by atoms with E-state index in [0.717, 1.165) is 49.9 Å². The van der Waals surface area contributed by atoms with Crippen LogP contribution < -0.4 is 4.90 Å². The van der Waals surface area contributed by atoms with Crippen LogP contribution in [0.2, 0.25) is 0 Å². The molecule has 3 heterocycles. The fourth-order valence-corrected chi connectivity index (χ4v) is 3.97. The van der Waals surface area contributed by atoms with Gasteiger partial charge < -0.3 is 14.2 Å². The minimum absolute atomic E-state index is 0.0485. The van der Waals surface area contributed by atoms with Crippen LogP contribution in [0.15, 0.2) is 6.33 Å². The van der Waals surface area contributed by atoms with E-state index >= 15 is 0 Å². The summed E-state index contributed by atoms with van der Waals surface area (Å²) in [4.78, 5) is 12.3. The number of fused-ring (bicyclic) bond motifs is 1. The molecule has 7 heteroatoms. The van der Waals surface area contributed by atoms with Crippen LogP contribution in [0.4, 0.5) is 5.82 Å². The number of anilines is 1. The fourth-order valence-electron chi connectivity index (χ4n) is 3.97. The lowest BCUT2D eigenvalue weighted by atomic mass is 10.2. The molecule has 1 aliphatic heterocycles. The highest BCUT2D eigenvalue weighted by molar-refractivity contribution is 5.52. The number of aryl methyl sites for hydroxylation is 2. The molecule has 1 atom stereocenters. The van der Waals surface area contributed by atoms with Crippen molar-refractivity contribution in [1.29, 1.82) is 0 Å². The molecule has 0 aromatic carbocycles. The number of rotatable bonds is 4. The smallest absolute Gasteiger partial charge is 0.163 e. The highest BCUT2D eigenvalue weighted by Gasteiger charge is 2.33. The van der Waals surface area contributed by atoms with Crippen LogP contribution in [0.3, 0.4) is 0 Å². The second-order valence-corrected chi connectivity index (χ2v) is 7.24. The van der Waals surface area contributed by atoms with Gasteiger partial charge in [0.05, 0.1) is 13.2 Å². The van der Waals surface area contributed by atoms with Crippen molar-refractivity contribution >= 4 is 5.82 Å². The number of morpholine rings is 1. The Balaban J connectivity index is 1.47. The van der Waals surface area contributed by atoms with Crippen LogP contribution in [0.5, 0.6) is 0 Å². The molecule has 0 bridgehead atoms. The number of ether oxygens (including phenoxy) is 1. The lowest BCUT2D eigenvalue weighted by Gasteiger charge is -2.34. The van der Waals surface area contributed by atoms with Gasteiger partial charge in [-0.15, -0.1) is 10.2 Å². The molecule has 0 N–H and O–H groups in total. The Hall–Kier alpha value is -2.02. The van der Waals surface area contributed by atoms with Gasteiger partial charge in [0.25, 0.3) is 0 Å². The molecule has 3 aliphatic rings. The van der Waals surface area contributed by atoms with Crippen LogP contribution in [0.1, 0.15) is 61.1 Å². The zero-order valence-electron chi connectivity index (χ0n) is 14.7. The standard InChI is InChI=1S/C18H24N6O/c1-2-23-11-19-22-18(23)15-10-24(8-9-25-15)17-13-4-3-5-14(13)20-16(21-17)12-6-7-12/h11-12,15H,2-10H2,1H3/t15-/m1/s1. The third kappa shape index (κ3) is 2.70. The number of nitrogens with zero attached hydrogens (tertiary/aromatic N) is 6. The van der Waals surface area contributed by atoms with Crippen molar-refractivity contribution in [3.8, 4) is 0 Å². The Bertz CT molecular complexity index is 784. The first kappa shape index (κ1) is 15.3. The van der Waals surface area contributed by atoms with Gasteiger partial charge in [-0.25, -0.2) is 9.97 Å². The normalized spacial score (nSPS) is 23.1. The second-order valence-electron chi connectivity index (χ2n) is 7.24. The number of hydrogen-bond acceptors (Lipinski definition) is 6. The van der Waals surface area contributed by atoms with E-state index in [4.69, 9.17) is 14.7 Å². The fraction of sp³-hybridized carbons (Fsp3) is 0.667. The van der Waals surface area contributed by atoms with E-state index in [1.54, 1.807) is 6.33 Å². The molecule has 2 aromatic rings.